The Morgan fingerprint density at radius 1 is 1.23 bits per heavy atom. The lowest BCUT2D eigenvalue weighted by molar-refractivity contribution is -0.137. The van der Waals surface area contributed by atoms with E-state index in [2.05, 4.69) is 4.98 Å². The SMILES string of the molecule is O=C(O)CCCCCN1C(=O)C(=Cc2ccc(-c3ccc4ocnc4c3)o2)SC1=S. The van der Waals surface area contributed by atoms with Crippen LogP contribution in [0.1, 0.15) is 31.4 Å². The van der Waals surface area contributed by atoms with Crippen molar-refractivity contribution in [2.75, 3.05) is 6.54 Å². The number of amides is 1. The van der Waals surface area contributed by atoms with E-state index in [-0.39, 0.29) is 12.3 Å². The Kier molecular flexibility index (Phi) is 6.01. The summed E-state index contributed by atoms with van der Waals surface area (Å²) in [6.07, 6.45) is 5.28. The zero-order chi connectivity index (χ0) is 21.1. The third-order valence-corrected chi connectivity index (χ3v) is 6.04. The van der Waals surface area contributed by atoms with Gasteiger partial charge in [0.05, 0.1) is 4.91 Å². The summed E-state index contributed by atoms with van der Waals surface area (Å²) in [7, 11) is 0. The Hall–Kier alpha value is -2.91. The van der Waals surface area contributed by atoms with Crippen molar-refractivity contribution in [3.8, 4) is 11.3 Å². The smallest absolute Gasteiger partial charge is 0.303 e. The molecule has 1 saturated heterocycles. The first kappa shape index (κ1) is 20.4. The summed E-state index contributed by atoms with van der Waals surface area (Å²) in [6.45, 7) is 0.489. The Bertz CT molecular complexity index is 1150. The third-order valence-electron chi connectivity index (χ3n) is 4.66. The van der Waals surface area contributed by atoms with E-state index >= 15 is 0 Å². The second-order valence-corrected chi connectivity index (χ2v) is 8.45. The van der Waals surface area contributed by atoms with E-state index in [1.807, 2.05) is 24.3 Å². The average molecular weight is 443 g/mol. The summed E-state index contributed by atoms with van der Waals surface area (Å²) in [5.41, 5.74) is 2.32. The fraction of sp³-hybridized carbons (Fsp3) is 0.238. The number of thiocarbonyl (C=S) groups is 1. The molecule has 0 bridgehead atoms. The van der Waals surface area contributed by atoms with Crippen LogP contribution in [0.3, 0.4) is 0 Å². The van der Waals surface area contributed by atoms with E-state index in [4.69, 9.17) is 26.2 Å². The van der Waals surface area contributed by atoms with Gasteiger partial charge in [0.15, 0.2) is 12.0 Å². The monoisotopic (exact) mass is 442 g/mol. The number of thioether (sulfide) groups is 1. The first-order chi connectivity index (χ1) is 14.5. The second kappa shape index (κ2) is 8.85. The van der Waals surface area contributed by atoms with Gasteiger partial charge < -0.3 is 13.9 Å². The normalized spacial score (nSPS) is 15.6. The molecule has 9 heteroatoms. The van der Waals surface area contributed by atoms with Crippen LogP contribution in [0.5, 0.6) is 0 Å². The molecule has 1 fully saturated rings. The van der Waals surface area contributed by atoms with Gasteiger partial charge in [-0.3, -0.25) is 14.5 Å². The number of carbonyl (C=O) groups excluding carboxylic acids is 1. The summed E-state index contributed by atoms with van der Waals surface area (Å²) < 4.78 is 11.7. The first-order valence-corrected chi connectivity index (χ1v) is 10.6. The minimum Gasteiger partial charge on any atom is -0.481 e. The number of oxazole rings is 1. The molecule has 1 aromatic carbocycles. The summed E-state index contributed by atoms with van der Waals surface area (Å²) >= 11 is 6.58. The third kappa shape index (κ3) is 4.47. The molecule has 7 nitrogen and oxygen atoms in total. The zero-order valence-corrected chi connectivity index (χ0v) is 17.5. The number of fused-ring (bicyclic) bond motifs is 1. The number of nitrogens with zero attached hydrogens (tertiary/aromatic N) is 2. The fourth-order valence-electron chi connectivity index (χ4n) is 3.14. The van der Waals surface area contributed by atoms with Crippen LogP contribution in [0.25, 0.3) is 28.5 Å². The number of rotatable bonds is 8. The van der Waals surface area contributed by atoms with Crippen LogP contribution in [0.4, 0.5) is 0 Å². The molecule has 3 aromatic rings. The largest absolute Gasteiger partial charge is 0.481 e. The average Bonchev–Trinajstić information content (AvgIpc) is 3.43. The number of hydrogen-bond donors (Lipinski definition) is 1. The van der Waals surface area contributed by atoms with Crippen molar-refractivity contribution < 1.29 is 23.5 Å². The predicted octanol–water partition coefficient (Wildman–Crippen LogP) is 4.93. The molecular weight excluding hydrogens is 424 g/mol. The minimum absolute atomic E-state index is 0.142. The van der Waals surface area contributed by atoms with Crippen LogP contribution < -0.4 is 0 Å². The summed E-state index contributed by atoms with van der Waals surface area (Å²) in [4.78, 5) is 29.5. The highest BCUT2D eigenvalue weighted by atomic mass is 32.2. The minimum atomic E-state index is -0.803. The van der Waals surface area contributed by atoms with Gasteiger partial charge in [-0.1, -0.05) is 30.4 Å². The summed E-state index contributed by atoms with van der Waals surface area (Å²) in [5, 5.41) is 8.68. The highest BCUT2D eigenvalue weighted by molar-refractivity contribution is 8.26. The number of aliphatic carboxylic acids is 1. The molecule has 1 aliphatic heterocycles. The predicted molar refractivity (Wildman–Crippen MR) is 118 cm³/mol. The molecule has 0 unspecified atom stereocenters. The van der Waals surface area contributed by atoms with Crippen LogP contribution in [0.15, 0.2) is 50.5 Å². The van der Waals surface area contributed by atoms with Gasteiger partial charge in [0.25, 0.3) is 5.91 Å². The highest BCUT2D eigenvalue weighted by Crippen LogP contribution is 2.34. The van der Waals surface area contributed by atoms with E-state index in [0.717, 1.165) is 17.5 Å². The molecule has 0 saturated carbocycles. The molecule has 4 rings (SSSR count). The molecule has 1 amide bonds. The fourth-order valence-corrected chi connectivity index (χ4v) is 4.43. The van der Waals surface area contributed by atoms with E-state index < -0.39 is 5.97 Å². The molecule has 154 valence electrons. The van der Waals surface area contributed by atoms with Crippen LogP contribution >= 0.6 is 24.0 Å². The number of carboxylic acids is 1. The Morgan fingerprint density at radius 2 is 2.10 bits per heavy atom. The van der Waals surface area contributed by atoms with Gasteiger partial charge in [-0.05, 0) is 43.2 Å². The lowest BCUT2D eigenvalue weighted by Crippen LogP contribution is -2.29. The van der Waals surface area contributed by atoms with Crippen molar-refractivity contribution in [3.63, 3.8) is 0 Å². The molecule has 0 aliphatic carbocycles. The standard InChI is InChI=1S/C21H18N2O5S2/c24-19(25)4-2-1-3-9-23-20(26)18(30-21(23)29)11-14-6-8-16(28-14)13-5-7-17-15(10-13)22-12-27-17/h5-8,10-12H,1-4,9H2,(H,24,25). The summed E-state index contributed by atoms with van der Waals surface area (Å²) in [6, 6.07) is 9.25. The van der Waals surface area contributed by atoms with E-state index in [1.165, 1.54) is 18.2 Å². The number of unbranched alkanes of at least 4 members (excludes halogenated alkanes) is 2. The number of aromatic nitrogens is 1. The van der Waals surface area contributed by atoms with Gasteiger partial charge in [0, 0.05) is 24.6 Å². The maximum Gasteiger partial charge on any atom is 0.303 e. The van der Waals surface area contributed by atoms with Crippen LogP contribution in [0, 0.1) is 0 Å². The molecule has 0 radical (unpaired) electrons. The highest BCUT2D eigenvalue weighted by Gasteiger charge is 2.31. The van der Waals surface area contributed by atoms with Crippen molar-refractivity contribution in [1.82, 2.24) is 9.88 Å². The molecule has 0 spiro atoms. The van der Waals surface area contributed by atoms with Gasteiger partial charge in [0.1, 0.15) is 21.4 Å². The number of hydrogen-bond acceptors (Lipinski definition) is 7. The molecule has 1 aliphatic rings. The molecule has 0 atom stereocenters. The Balaban J connectivity index is 1.41. The number of furan rings is 1. The molecule has 30 heavy (non-hydrogen) atoms. The summed E-state index contributed by atoms with van der Waals surface area (Å²) in [5.74, 6) is 0.278. The van der Waals surface area contributed by atoms with Crippen molar-refractivity contribution in [2.24, 2.45) is 0 Å². The maximum atomic E-state index is 12.7. The number of benzene rings is 1. The quantitative estimate of drug-likeness (QED) is 0.298. The van der Waals surface area contributed by atoms with Crippen molar-refractivity contribution in [1.29, 1.82) is 0 Å². The van der Waals surface area contributed by atoms with Crippen LogP contribution in [-0.2, 0) is 9.59 Å². The van der Waals surface area contributed by atoms with Crippen molar-refractivity contribution in [3.05, 3.63) is 47.4 Å². The topological polar surface area (TPSA) is 96.8 Å². The first-order valence-electron chi connectivity index (χ1n) is 9.42. The molecule has 1 N–H and O–H groups in total. The van der Waals surface area contributed by atoms with Crippen molar-refractivity contribution in [2.45, 2.75) is 25.7 Å². The Morgan fingerprint density at radius 3 is 2.93 bits per heavy atom. The second-order valence-electron chi connectivity index (χ2n) is 6.77. The van der Waals surface area contributed by atoms with Gasteiger partial charge in [-0.2, -0.15) is 0 Å². The molecule has 2 aromatic heterocycles. The van der Waals surface area contributed by atoms with Gasteiger partial charge in [-0.15, -0.1) is 0 Å². The van der Waals surface area contributed by atoms with Gasteiger partial charge in [-0.25, -0.2) is 4.98 Å². The van der Waals surface area contributed by atoms with Crippen molar-refractivity contribution >= 4 is 57.4 Å². The Labute approximate surface area is 181 Å². The maximum absolute atomic E-state index is 12.7. The number of carboxylic acid groups (broad SMARTS) is 1. The van der Waals surface area contributed by atoms with E-state index in [0.29, 0.717) is 45.7 Å². The zero-order valence-electron chi connectivity index (χ0n) is 15.9. The van der Waals surface area contributed by atoms with Crippen LogP contribution in [0.2, 0.25) is 0 Å². The lowest BCUT2D eigenvalue weighted by atomic mass is 10.1. The van der Waals surface area contributed by atoms with E-state index in [9.17, 15) is 9.59 Å². The number of carbonyl (C=O) groups is 2. The molecule has 3 heterocycles. The lowest BCUT2D eigenvalue weighted by Gasteiger charge is -2.13. The van der Waals surface area contributed by atoms with E-state index in [1.54, 1.807) is 17.0 Å². The van der Waals surface area contributed by atoms with Gasteiger partial charge >= 0.3 is 5.97 Å². The van der Waals surface area contributed by atoms with Crippen LogP contribution in [-0.4, -0.2) is 37.7 Å². The van der Waals surface area contributed by atoms with Gasteiger partial charge in [0.2, 0.25) is 0 Å². The molecular formula is C21H18N2O5S2.